The van der Waals surface area contributed by atoms with Gasteiger partial charge in [0.05, 0.1) is 18.8 Å². The van der Waals surface area contributed by atoms with Crippen LogP contribution in [0.5, 0.6) is 17.2 Å². The van der Waals surface area contributed by atoms with Crippen molar-refractivity contribution in [1.82, 2.24) is 5.32 Å². The van der Waals surface area contributed by atoms with Crippen LogP contribution in [0.4, 0.5) is 0 Å². The lowest BCUT2D eigenvalue weighted by Crippen LogP contribution is -2.15. The minimum Gasteiger partial charge on any atom is -0.504 e. The largest absolute Gasteiger partial charge is 0.504 e. The molecule has 1 aliphatic rings. The number of carboxylic acids is 1. The van der Waals surface area contributed by atoms with Crippen molar-refractivity contribution >= 4 is 5.97 Å². The fraction of sp³-hybridized carbons (Fsp3) is 0.278. The van der Waals surface area contributed by atoms with Crippen molar-refractivity contribution in [3.8, 4) is 17.2 Å². The van der Waals surface area contributed by atoms with E-state index in [-0.39, 0.29) is 11.3 Å². The summed E-state index contributed by atoms with van der Waals surface area (Å²) in [6.07, 6.45) is 0.772. The number of carbonyl (C=O) groups is 1. The number of rotatable bonds is 5. The lowest BCUT2D eigenvalue weighted by molar-refractivity contribution is 0.0695. The maximum absolute atomic E-state index is 11.2. The first-order chi connectivity index (χ1) is 11.6. The van der Waals surface area contributed by atoms with E-state index in [1.807, 2.05) is 12.1 Å². The second-order valence-electron chi connectivity index (χ2n) is 5.56. The zero-order valence-corrected chi connectivity index (χ0v) is 13.1. The molecule has 0 aliphatic carbocycles. The molecule has 3 N–H and O–H groups in total. The second kappa shape index (κ2) is 7.23. The predicted molar refractivity (Wildman–Crippen MR) is 87.7 cm³/mol. The van der Waals surface area contributed by atoms with Crippen LogP contribution >= 0.6 is 0 Å². The van der Waals surface area contributed by atoms with Crippen LogP contribution in [0.2, 0.25) is 0 Å². The predicted octanol–water partition coefficient (Wildman–Crippen LogP) is 2.54. The number of ether oxygens (including phenoxy) is 2. The van der Waals surface area contributed by atoms with E-state index in [1.54, 1.807) is 24.3 Å². The Morgan fingerprint density at radius 2 is 1.92 bits per heavy atom. The lowest BCUT2D eigenvalue weighted by atomic mass is 10.1. The van der Waals surface area contributed by atoms with Crippen LogP contribution in [0.25, 0.3) is 0 Å². The quantitative estimate of drug-likeness (QED) is 0.781. The number of benzene rings is 2. The molecule has 2 aromatic rings. The molecule has 0 fully saturated rings. The summed E-state index contributed by atoms with van der Waals surface area (Å²) in [5.74, 6) is 0.0282. The third kappa shape index (κ3) is 3.60. The number of carboxylic acid groups (broad SMARTS) is 1. The molecule has 126 valence electrons. The van der Waals surface area contributed by atoms with Crippen LogP contribution in [0.1, 0.15) is 27.9 Å². The molecule has 2 aromatic carbocycles. The number of fused-ring (bicyclic) bond motifs is 1. The summed E-state index contributed by atoms with van der Waals surface area (Å²) >= 11 is 0. The van der Waals surface area contributed by atoms with Crippen molar-refractivity contribution in [1.29, 1.82) is 0 Å². The van der Waals surface area contributed by atoms with Gasteiger partial charge in [0.25, 0.3) is 0 Å². The number of phenolic OH excluding ortho intramolecular Hbond substituents is 1. The molecule has 0 aromatic heterocycles. The normalized spacial score (nSPS) is 13.3. The van der Waals surface area contributed by atoms with Gasteiger partial charge in [-0.25, -0.2) is 4.79 Å². The number of aromatic carboxylic acids is 1. The number of phenols is 1. The standard InChI is InChI=1S/C18H19NO5/c20-15-8-12(9-16-17(15)24-7-3-6-23-16)10-19-11-13-4-1-2-5-14(13)18(21)22/h1-2,4-5,8-9,19-20H,3,6-7,10-11H2,(H,21,22). The summed E-state index contributed by atoms with van der Waals surface area (Å²) in [6.45, 7) is 1.95. The Bertz CT molecular complexity index is 744. The van der Waals surface area contributed by atoms with Crippen molar-refractivity contribution < 1.29 is 24.5 Å². The maximum Gasteiger partial charge on any atom is 0.336 e. The number of hydrogen-bond acceptors (Lipinski definition) is 5. The van der Waals surface area contributed by atoms with E-state index in [0.29, 0.717) is 43.4 Å². The summed E-state index contributed by atoms with van der Waals surface area (Å²) in [6, 6.07) is 10.3. The van der Waals surface area contributed by atoms with Crippen LogP contribution in [0, 0.1) is 0 Å². The average molecular weight is 329 g/mol. The molecule has 1 heterocycles. The van der Waals surface area contributed by atoms with Gasteiger partial charge < -0.3 is 25.0 Å². The van der Waals surface area contributed by atoms with Crippen LogP contribution in [0.3, 0.4) is 0 Å². The van der Waals surface area contributed by atoms with Gasteiger partial charge in [0.2, 0.25) is 5.75 Å². The molecule has 0 unspecified atom stereocenters. The van der Waals surface area contributed by atoms with E-state index in [4.69, 9.17) is 9.47 Å². The first-order valence-electron chi connectivity index (χ1n) is 7.78. The molecule has 3 rings (SSSR count). The Balaban J connectivity index is 1.68. The highest BCUT2D eigenvalue weighted by Crippen LogP contribution is 2.39. The number of hydrogen-bond donors (Lipinski definition) is 3. The van der Waals surface area contributed by atoms with Crippen LogP contribution < -0.4 is 14.8 Å². The molecule has 1 aliphatic heterocycles. The third-order valence-corrected chi connectivity index (χ3v) is 3.78. The van der Waals surface area contributed by atoms with Gasteiger partial charge in [-0.1, -0.05) is 18.2 Å². The zero-order chi connectivity index (χ0) is 16.9. The number of nitrogens with one attached hydrogen (secondary N) is 1. The van der Waals surface area contributed by atoms with E-state index in [1.165, 1.54) is 0 Å². The minimum atomic E-state index is -0.944. The van der Waals surface area contributed by atoms with E-state index in [9.17, 15) is 15.0 Å². The van der Waals surface area contributed by atoms with Crippen molar-refractivity contribution in [2.24, 2.45) is 0 Å². The topological polar surface area (TPSA) is 88.0 Å². The van der Waals surface area contributed by atoms with Gasteiger partial charge in [0, 0.05) is 19.5 Å². The van der Waals surface area contributed by atoms with Crippen LogP contribution in [-0.4, -0.2) is 29.4 Å². The van der Waals surface area contributed by atoms with Gasteiger partial charge in [-0.15, -0.1) is 0 Å². The maximum atomic E-state index is 11.2. The SMILES string of the molecule is O=C(O)c1ccccc1CNCc1cc(O)c2c(c1)OCCCO2. The third-order valence-electron chi connectivity index (χ3n) is 3.78. The molecule has 0 radical (unpaired) electrons. The average Bonchev–Trinajstić information content (AvgIpc) is 2.81. The molecule has 0 atom stereocenters. The van der Waals surface area contributed by atoms with Crippen molar-refractivity contribution in [3.63, 3.8) is 0 Å². The summed E-state index contributed by atoms with van der Waals surface area (Å²) < 4.78 is 11.1. The molecule has 24 heavy (non-hydrogen) atoms. The van der Waals surface area contributed by atoms with Crippen molar-refractivity contribution in [3.05, 3.63) is 53.1 Å². The van der Waals surface area contributed by atoms with Crippen molar-refractivity contribution in [2.75, 3.05) is 13.2 Å². The first kappa shape index (κ1) is 16.1. The van der Waals surface area contributed by atoms with E-state index in [2.05, 4.69) is 5.32 Å². The smallest absolute Gasteiger partial charge is 0.336 e. The molecule has 6 nitrogen and oxygen atoms in total. The minimum absolute atomic E-state index is 0.0529. The van der Waals surface area contributed by atoms with E-state index >= 15 is 0 Å². The molecule has 0 saturated heterocycles. The molecule has 0 saturated carbocycles. The summed E-state index contributed by atoms with van der Waals surface area (Å²) in [7, 11) is 0. The molecule has 0 amide bonds. The highest BCUT2D eigenvalue weighted by Gasteiger charge is 2.16. The van der Waals surface area contributed by atoms with Gasteiger partial charge in [0.15, 0.2) is 11.5 Å². The van der Waals surface area contributed by atoms with Gasteiger partial charge in [-0.2, -0.15) is 0 Å². The van der Waals surface area contributed by atoms with Crippen LogP contribution in [-0.2, 0) is 13.1 Å². The Hall–Kier alpha value is -2.73. The first-order valence-corrected chi connectivity index (χ1v) is 7.78. The van der Waals surface area contributed by atoms with Gasteiger partial charge >= 0.3 is 5.97 Å². The van der Waals surface area contributed by atoms with Crippen LogP contribution in [0.15, 0.2) is 36.4 Å². The second-order valence-corrected chi connectivity index (χ2v) is 5.56. The molecule has 0 bridgehead atoms. The fourth-order valence-corrected chi connectivity index (χ4v) is 2.64. The Kier molecular flexibility index (Phi) is 4.86. The lowest BCUT2D eigenvalue weighted by Gasteiger charge is -2.12. The molecule has 0 spiro atoms. The van der Waals surface area contributed by atoms with E-state index in [0.717, 1.165) is 12.0 Å². The van der Waals surface area contributed by atoms with Gasteiger partial charge in [0.1, 0.15) is 0 Å². The molecule has 6 heteroatoms. The van der Waals surface area contributed by atoms with Crippen molar-refractivity contribution in [2.45, 2.75) is 19.5 Å². The van der Waals surface area contributed by atoms with E-state index < -0.39 is 5.97 Å². The highest BCUT2D eigenvalue weighted by atomic mass is 16.5. The highest BCUT2D eigenvalue weighted by molar-refractivity contribution is 5.89. The summed E-state index contributed by atoms with van der Waals surface area (Å²) in [5.41, 5.74) is 1.83. The Morgan fingerprint density at radius 3 is 2.75 bits per heavy atom. The Morgan fingerprint density at radius 1 is 1.12 bits per heavy atom. The Labute approximate surface area is 139 Å². The molecular formula is C18H19NO5. The number of aromatic hydroxyl groups is 1. The zero-order valence-electron chi connectivity index (χ0n) is 13.1. The van der Waals surface area contributed by atoms with Gasteiger partial charge in [-0.3, -0.25) is 0 Å². The molecular weight excluding hydrogens is 310 g/mol. The monoisotopic (exact) mass is 329 g/mol. The van der Waals surface area contributed by atoms with Gasteiger partial charge in [-0.05, 0) is 29.3 Å². The summed E-state index contributed by atoms with van der Waals surface area (Å²) in [5, 5.41) is 22.5. The summed E-state index contributed by atoms with van der Waals surface area (Å²) in [4.78, 5) is 11.2. The fourth-order valence-electron chi connectivity index (χ4n) is 2.64.